The minimum absolute atomic E-state index is 0.253. The third kappa shape index (κ3) is 4.75. The maximum absolute atomic E-state index is 11.6. The molecule has 0 atom stereocenters. The number of ketones is 1. The number of rotatable bonds is 6. The van der Waals surface area contributed by atoms with Crippen LogP contribution in [0, 0.1) is 0 Å². The van der Waals surface area contributed by atoms with Gasteiger partial charge in [-0.1, -0.05) is 11.6 Å². The van der Waals surface area contributed by atoms with E-state index in [0.29, 0.717) is 9.21 Å². The molecular formula is C10H11ClO5S2. The first-order valence-corrected chi connectivity index (χ1v) is 7.91. The topological polar surface area (TPSA) is 77.5 Å². The van der Waals surface area contributed by atoms with Crippen molar-refractivity contribution in [3.05, 3.63) is 21.3 Å². The van der Waals surface area contributed by atoms with Crippen molar-refractivity contribution in [2.75, 3.05) is 18.6 Å². The Morgan fingerprint density at radius 1 is 1.39 bits per heavy atom. The molecule has 1 heterocycles. The summed E-state index contributed by atoms with van der Waals surface area (Å²) in [6.45, 7) is 0. The molecule has 0 spiro atoms. The number of carbonyl (C=O) groups excluding carboxylic acids is 2. The van der Waals surface area contributed by atoms with Crippen molar-refractivity contribution in [1.29, 1.82) is 0 Å². The highest BCUT2D eigenvalue weighted by molar-refractivity contribution is 7.92. The van der Waals surface area contributed by atoms with Crippen LogP contribution in [0.3, 0.4) is 0 Å². The number of carbonyl (C=O) groups is 2. The zero-order valence-corrected chi connectivity index (χ0v) is 11.9. The van der Waals surface area contributed by atoms with Crippen LogP contribution >= 0.6 is 22.9 Å². The van der Waals surface area contributed by atoms with Crippen LogP contribution in [0.15, 0.2) is 12.1 Å². The van der Waals surface area contributed by atoms with E-state index in [1.54, 1.807) is 0 Å². The summed E-state index contributed by atoms with van der Waals surface area (Å²) in [5.74, 6) is -2.16. The van der Waals surface area contributed by atoms with E-state index in [1.165, 1.54) is 19.2 Å². The minimum atomic E-state index is -3.61. The second kappa shape index (κ2) is 6.31. The predicted molar refractivity (Wildman–Crippen MR) is 68.9 cm³/mol. The molecule has 0 unspecified atom stereocenters. The van der Waals surface area contributed by atoms with Gasteiger partial charge in [0.15, 0.2) is 15.6 Å². The van der Waals surface area contributed by atoms with E-state index < -0.39 is 33.1 Å². The fourth-order valence-electron chi connectivity index (χ4n) is 1.15. The normalized spacial score (nSPS) is 11.2. The lowest BCUT2D eigenvalue weighted by Gasteiger charge is -2.02. The number of thiophene rings is 1. The molecule has 1 aromatic heterocycles. The molecule has 0 aliphatic carbocycles. The van der Waals surface area contributed by atoms with Gasteiger partial charge in [0.1, 0.15) is 5.75 Å². The summed E-state index contributed by atoms with van der Waals surface area (Å²) in [5, 5.41) is 0. The number of esters is 1. The van der Waals surface area contributed by atoms with Crippen molar-refractivity contribution in [1.82, 2.24) is 0 Å². The molecule has 0 aromatic carbocycles. The van der Waals surface area contributed by atoms with Crippen LogP contribution in [0.2, 0.25) is 4.34 Å². The smallest absolute Gasteiger partial charge is 0.306 e. The Balaban J connectivity index is 2.60. The van der Waals surface area contributed by atoms with Crippen LogP contribution in [0.4, 0.5) is 0 Å². The van der Waals surface area contributed by atoms with Crippen molar-refractivity contribution >= 4 is 44.5 Å². The minimum Gasteiger partial charge on any atom is -0.469 e. The monoisotopic (exact) mass is 310 g/mol. The third-order valence-electron chi connectivity index (χ3n) is 2.04. The molecule has 0 bridgehead atoms. The number of halogens is 1. The van der Waals surface area contributed by atoms with Gasteiger partial charge in [-0.2, -0.15) is 0 Å². The molecule has 8 heteroatoms. The molecule has 100 valence electrons. The SMILES string of the molecule is COC(=O)CCS(=O)(=O)CC(=O)c1ccc(Cl)s1. The second-order valence-electron chi connectivity index (χ2n) is 3.45. The molecule has 0 N–H and O–H groups in total. The first-order valence-electron chi connectivity index (χ1n) is 4.90. The van der Waals surface area contributed by atoms with Crippen molar-refractivity contribution in [3.63, 3.8) is 0 Å². The highest BCUT2D eigenvalue weighted by Crippen LogP contribution is 2.22. The molecule has 1 rings (SSSR count). The molecule has 1 aromatic rings. The average molecular weight is 311 g/mol. The maximum Gasteiger partial charge on any atom is 0.306 e. The zero-order chi connectivity index (χ0) is 13.8. The molecule has 0 saturated carbocycles. The lowest BCUT2D eigenvalue weighted by Crippen LogP contribution is -2.20. The summed E-state index contributed by atoms with van der Waals surface area (Å²) in [6, 6.07) is 3.01. The van der Waals surface area contributed by atoms with Crippen LogP contribution < -0.4 is 0 Å². The fraction of sp³-hybridized carbons (Fsp3) is 0.400. The van der Waals surface area contributed by atoms with Gasteiger partial charge in [0.2, 0.25) is 0 Å². The van der Waals surface area contributed by atoms with E-state index in [9.17, 15) is 18.0 Å². The van der Waals surface area contributed by atoms with Crippen molar-refractivity contribution in [2.24, 2.45) is 0 Å². The van der Waals surface area contributed by atoms with Crippen LogP contribution in [-0.2, 0) is 19.4 Å². The van der Waals surface area contributed by atoms with Crippen LogP contribution in [0.1, 0.15) is 16.1 Å². The van der Waals surface area contributed by atoms with Gasteiger partial charge in [-0.05, 0) is 12.1 Å². The fourth-order valence-corrected chi connectivity index (χ4v) is 3.40. The standard InChI is InChI=1S/C10H11ClO5S2/c1-16-10(13)4-5-18(14,15)6-7(12)8-2-3-9(11)17-8/h2-3H,4-6H2,1H3. The first-order chi connectivity index (χ1) is 8.34. The van der Waals surface area contributed by atoms with Gasteiger partial charge in [-0.25, -0.2) is 8.42 Å². The molecular weight excluding hydrogens is 300 g/mol. The van der Waals surface area contributed by atoms with E-state index in [1.807, 2.05) is 0 Å². The Labute approximate surface area is 114 Å². The number of hydrogen-bond donors (Lipinski definition) is 0. The molecule has 0 saturated heterocycles. The van der Waals surface area contributed by atoms with Crippen LogP contribution in [-0.4, -0.2) is 38.8 Å². The summed E-state index contributed by atoms with van der Waals surface area (Å²) in [5.41, 5.74) is 0. The summed E-state index contributed by atoms with van der Waals surface area (Å²) in [7, 11) is -2.44. The Morgan fingerprint density at radius 2 is 2.06 bits per heavy atom. The Morgan fingerprint density at radius 3 is 2.56 bits per heavy atom. The van der Waals surface area contributed by atoms with E-state index >= 15 is 0 Å². The number of sulfone groups is 1. The van der Waals surface area contributed by atoms with Gasteiger partial charge < -0.3 is 4.74 Å². The van der Waals surface area contributed by atoms with Crippen molar-refractivity contribution < 1.29 is 22.7 Å². The molecule has 18 heavy (non-hydrogen) atoms. The lowest BCUT2D eigenvalue weighted by molar-refractivity contribution is -0.140. The van der Waals surface area contributed by atoms with Gasteiger partial charge in [-0.15, -0.1) is 11.3 Å². The second-order valence-corrected chi connectivity index (χ2v) is 7.34. The van der Waals surface area contributed by atoms with E-state index in [4.69, 9.17) is 11.6 Å². The average Bonchev–Trinajstić information content (AvgIpc) is 2.72. The Kier molecular flexibility index (Phi) is 5.30. The molecule has 0 amide bonds. The highest BCUT2D eigenvalue weighted by Gasteiger charge is 2.20. The first kappa shape index (κ1) is 15.1. The van der Waals surface area contributed by atoms with E-state index in [-0.39, 0.29) is 6.42 Å². The summed E-state index contributed by atoms with van der Waals surface area (Å²) in [4.78, 5) is 22.8. The Bertz CT molecular complexity index is 546. The number of ether oxygens (including phenoxy) is 1. The summed E-state index contributed by atoms with van der Waals surface area (Å²) < 4.78 is 27.9. The third-order valence-corrected chi connectivity index (χ3v) is 4.84. The zero-order valence-electron chi connectivity index (χ0n) is 9.51. The largest absolute Gasteiger partial charge is 0.469 e. The van der Waals surface area contributed by atoms with Crippen molar-refractivity contribution in [2.45, 2.75) is 6.42 Å². The molecule has 0 aliphatic rings. The molecule has 0 aliphatic heterocycles. The van der Waals surface area contributed by atoms with Gasteiger partial charge in [0.25, 0.3) is 0 Å². The summed E-state index contributed by atoms with van der Waals surface area (Å²) >= 11 is 6.68. The van der Waals surface area contributed by atoms with Crippen molar-refractivity contribution in [3.8, 4) is 0 Å². The molecule has 0 fully saturated rings. The number of Topliss-reactive ketones (excluding diaryl/α,β-unsaturated/α-hetero) is 1. The Hall–Kier alpha value is -0.920. The van der Waals surface area contributed by atoms with E-state index in [0.717, 1.165) is 11.3 Å². The van der Waals surface area contributed by atoms with Crippen LogP contribution in [0.25, 0.3) is 0 Å². The highest BCUT2D eigenvalue weighted by atomic mass is 35.5. The summed E-state index contributed by atoms with van der Waals surface area (Å²) in [6.07, 6.45) is -0.253. The number of methoxy groups -OCH3 is 1. The maximum atomic E-state index is 11.6. The van der Waals surface area contributed by atoms with Crippen LogP contribution in [0.5, 0.6) is 0 Å². The van der Waals surface area contributed by atoms with Gasteiger partial charge in [0.05, 0.1) is 28.5 Å². The number of hydrogen-bond acceptors (Lipinski definition) is 6. The van der Waals surface area contributed by atoms with Gasteiger partial charge >= 0.3 is 5.97 Å². The predicted octanol–water partition coefficient (Wildman–Crippen LogP) is 1.56. The van der Waals surface area contributed by atoms with E-state index in [2.05, 4.69) is 4.74 Å². The molecule has 0 radical (unpaired) electrons. The lowest BCUT2D eigenvalue weighted by atomic mass is 10.4. The molecule has 5 nitrogen and oxygen atoms in total. The van der Waals surface area contributed by atoms with Gasteiger partial charge in [-0.3, -0.25) is 9.59 Å². The quantitative estimate of drug-likeness (QED) is 0.588. The van der Waals surface area contributed by atoms with Gasteiger partial charge in [0, 0.05) is 0 Å².